The number of pyridine rings is 1. The van der Waals surface area contributed by atoms with Gasteiger partial charge in [-0.2, -0.15) is 0 Å². The molecule has 2 rings (SSSR count). The molecular weight excluding hydrogens is 248 g/mol. The second kappa shape index (κ2) is 5.76. The minimum atomic E-state index is -0.578. The van der Waals surface area contributed by atoms with E-state index in [-0.39, 0.29) is 18.0 Å². The quantitative estimate of drug-likeness (QED) is 0.763. The van der Waals surface area contributed by atoms with Crippen molar-refractivity contribution in [2.45, 2.75) is 6.92 Å². The Balaban J connectivity index is 2.16. The summed E-state index contributed by atoms with van der Waals surface area (Å²) in [6.45, 7) is 1.94. The summed E-state index contributed by atoms with van der Waals surface area (Å²) in [5.41, 5.74) is 0.214. The summed E-state index contributed by atoms with van der Waals surface area (Å²) >= 11 is 0. The molecule has 2 heterocycles. The summed E-state index contributed by atoms with van der Waals surface area (Å²) in [4.78, 5) is 31.8. The van der Waals surface area contributed by atoms with Crippen LogP contribution in [0.4, 0.5) is 5.82 Å². The lowest BCUT2D eigenvalue weighted by atomic mass is 10.3. The lowest BCUT2D eigenvalue weighted by Crippen LogP contribution is -2.26. The number of nitrogens with one attached hydrogen (secondary N) is 4. The van der Waals surface area contributed by atoms with Crippen LogP contribution in [-0.2, 0) is 4.74 Å². The highest BCUT2D eigenvalue weighted by atomic mass is 16.5. The molecule has 98 valence electrons. The van der Waals surface area contributed by atoms with Crippen LogP contribution in [0.1, 0.15) is 27.9 Å². The van der Waals surface area contributed by atoms with E-state index in [0.717, 1.165) is 0 Å². The average Bonchev–Trinajstić information content (AvgIpc) is 2.89. The molecule has 0 aliphatic heterocycles. The van der Waals surface area contributed by atoms with Gasteiger partial charge in [0.25, 0.3) is 17.2 Å². The maximum Gasteiger partial charge on any atom is 0.383 e. The Bertz CT molecular complexity index is 580. The Morgan fingerprint density at radius 1 is 1.37 bits per heavy atom. The lowest BCUT2D eigenvalue weighted by Gasteiger charge is -1.97. The number of H-pyrrole nitrogens is 3. The third kappa shape index (κ3) is 2.95. The van der Waals surface area contributed by atoms with Crippen LogP contribution in [0.3, 0.4) is 0 Å². The first-order chi connectivity index (χ1) is 9.22. The van der Waals surface area contributed by atoms with E-state index in [2.05, 4.69) is 20.3 Å². The van der Waals surface area contributed by atoms with E-state index in [4.69, 9.17) is 4.74 Å². The Morgan fingerprint density at radius 2 is 2.21 bits per heavy atom. The second-order valence-corrected chi connectivity index (χ2v) is 3.63. The van der Waals surface area contributed by atoms with Crippen molar-refractivity contribution in [2.75, 3.05) is 11.9 Å². The van der Waals surface area contributed by atoms with Crippen molar-refractivity contribution in [2.24, 2.45) is 0 Å². The molecule has 0 unspecified atom stereocenters. The number of imidazole rings is 1. The van der Waals surface area contributed by atoms with Crippen LogP contribution in [0.15, 0.2) is 30.7 Å². The highest BCUT2D eigenvalue weighted by Gasteiger charge is 2.29. The van der Waals surface area contributed by atoms with Crippen molar-refractivity contribution in [1.29, 1.82) is 0 Å². The van der Waals surface area contributed by atoms with Gasteiger partial charge in [0.1, 0.15) is 0 Å². The topological polar surface area (TPSA) is 99.5 Å². The number of amides is 1. The molecule has 0 fully saturated rings. The SMILES string of the molecule is CCOC(=O)c1[nH]c[nH+]c1C(=O)Nc1cccc[nH+]1. The minimum Gasteiger partial charge on any atom is -0.460 e. The number of hydrogen-bond acceptors (Lipinski definition) is 3. The number of esters is 1. The number of hydrogen-bond donors (Lipinski definition) is 2. The van der Waals surface area contributed by atoms with Gasteiger partial charge in [0, 0.05) is 6.07 Å². The summed E-state index contributed by atoms with van der Waals surface area (Å²) in [7, 11) is 0. The monoisotopic (exact) mass is 262 g/mol. The van der Waals surface area contributed by atoms with Gasteiger partial charge in [-0.05, 0) is 13.0 Å². The molecule has 2 aromatic rings. The number of aromatic nitrogens is 3. The number of ether oxygens (including phenoxy) is 1. The molecule has 0 saturated heterocycles. The van der Waals surface area contributed by atoms with Crippen LogP contribution in [0.2, 0.25) is 0 Å². The van der Waals surface area contributed by atoms with E-state index in [1.165, 1.54) is 6.33 Å². The summed E-state index contributed by atoms with van der Waals surface area (Å²) in [6, 6.07) is 5.27. The molecule has 2 aromatic heterocycles. The number of aromatic amines is 3. The standard InChI is InChI=1S/C12H12N4O3/c1-2-19-12(18)10-9(14-7-15-10)11(17)16-8-5-3-4-6-13-8/h3-7H,2H2,1H3,(H,14,15)(H,13,16,17)/p+2. The smallest absolute Gasteiger partial charge is 0.383 e. The van der Waals surface area contributed by atoms with Gasteiger partial charge in [0.05, 0.1) is 12.8 Å². The number of carbonyl (C=O) groups is 2. The fraction of sp³-hybridized carbons (Fsp3) is 0.167. The van der Waals surface area contributed by atoms with Crippen molar-refractivity contribution in [3.63, 3.8) is 0 Å². The maximum absolute atomic E-state index is 12.0. The molecule has 7 nitrogen and oxygen atoms in total. The fourth-order valence-electron chi connectivity index (χ4n) is 1.52. The van der Waals surface area contributed by atoms with Crippen molar-refractivity contribution >= 4 is 17.7 Å². The first-order valence-corrected chi connectivity index (χ1v) is 5.76. The van der Waals surface area contributed by atoms with Crippen molar-refractivity contribution in [3.05, 3.63) is 42.1 Å². The summed E-state index contributed by atoms with van der Waals surface area (Å²) in [5, 5.41) is 2.63. The van der Waals surface area contributed by atoms with Crippen LogP contribution >= 0.6 is 0 Å². The van der Waals surface area contributed by atoms with Crippen LogP contribution in [-0.4, -0.2) is 23.5 Å². The van der Waals surface area contributed by atoms with Crippen molar-refractivity contribution < 1.29 is 24.3 Å². The molecule has 0 aromatic carbocycles. The van der Waals surface area contributed by atoms with E-state index in [1.807, 2.05) is 0 Å². The molecule has 0 aliphatic rings. The number of carbonyl (C=O) groups excluding carboxylic acids is 2. The van der Waals surface area contributed by atoms with Gasteiger partial charge in [0.2, 0.25) is 6.33 Å². The molecule has 0 bridgehead atoms. The minimum absolute atomic E-state index is 0.0929. The van der Waals surface area contributed by atoms with Gasteiger partial charge < -0.3 is 4.74 Å². The first kappa shape index (κ1) is 12.7. The third-order valence-corrected chi connectivity index (χ3v) is 2.35. The molecule has 0 radical (unpaired) electrons. The van der Waals surface area contributed by atoms with Crippen LogP contribution in [0, 0.1) is 0 Å². The normalized spacial score (nSPS) is 9.95. The zero-order valence-electron chi connectivity index (χ0n) is 10.3. The van der Waals surface area contributed by atoms with Gasteiger partial charge in [-0.15, -0.1) is 0 Å². The average molecular weight is 262 g/mol. The van der Waals surface area contributed by atoms with E-state index in [9.17, 15) is 9.59 Å². The molecule has 0 spiro atoms. The van der Waals surface area contributed by atoms with Gasteiger partial charge >= 0.3 is 11.9 Å². The van der Waals surface area contributed by atoms with Crippen LogP contribution < -0.4 is 15.3 Å². The maximum atomic E-state index is 12.0. The van der Waals surface area contributed by atoms with E-state index in [1.54, 1.807) is 31.3 Å². The zero-order valence-corrected chi connectivity index (χ0v) is 10.3. The van der Waals surface area contributed by atoms with Crippen LogP contribution in [0.25, 0.3) is 0 Å². The summed E-state index contributed by atoms with van der Waals surface area (Å²) < 4.78 is 4.85. The molecule has 1 amide bonds. The second-order valence-electron chi connectivity index (χ2n) is 3.63. The summed E-state index contributed by atoms with van der Waals surface area (Å²) in [6.07, 6.45) is 3.08. The van der Waals surface area contributed by atoms with Gasteiger partial charge in [-0.25, -0.2) is 29.9 Å². The predicted octanol–water partition coefficient (Wildman–Crippen LogP) is 0.0719. The number of anilines is 1. The molecule has 0 aliphatic carbocycles. The molecular formula is C12H14N4O3+2. The molecule has 19 heavy (non-hydrogen) atoms. The predicted molar refractivity (Wildman–Crippen MR) is 64.3 cm³/mol. The zero-order chi connectivity index (χ0) is 13.7. The molecule has 4 N–H and O–H groups in total. The van der Waals surface area contributed by atoms with E-state index >= 15 is 0 Å². The Hall–Kier alpha value is -2.70. The van der Waals surface area contributed by atoms with E-state index < -0.39 is 11.9 Å². The van der Waals surface area contributed by atoms with Gasteiger partial charge in [0.15, 0.2) is 0 Å². The van der Waals surface area contributed by atoms with Crippen LogP contribution in [0.5, 0.6) is 0 Å². The highest BCUT2D eigenvalue weighted by molar-refractivity contribution is 6.07. The van der Waals surface area contributed by atoms with E-state index in [0.29, 0.717) is 5.82 Å². The fourth-order valence-corrected chi connectivity index (χ4v) is 1.52. The first-order valence-electron chi connectivity index (χ1n) is 5.76. The Labute approximate surface area is 109 Å². The molecule has 0 saturated carbocycles. The molecule has 0 atom stereocenters. The highest BCUT2D eigenvalue weighted by Crippen LogP contribution is 2.04. The Morgan fingerprint density at radius 3 is 2.89 bits per heavy atom. The Kier molecular flexibility index (Phi) is 3.87. The van der Waals surface area contributed by atoms with Gasteiger partial charge in [-0.1, -0.05) is 6.07 Å². The van der Waals surface area contributed by atoms with Crippen molar-refractivity contribution in [3.8, 4) is 0 Å². The number of rotatable bonds is 4. The van der Waals surface area contributed by atoms with Gasteiger partial charge in [-0.3, -0.25) is 0 Å². The lowest BCUT2D eigenvalue weighted by molar-refractivity contribution is -0.380. The largest absolute Gasteiger partial charge is 0.460 e. The summed E-state index contributed by atoms with van der Waals surface area (Å²) in [5.74, 6) is -0.491. The van der Waals surface area contributed by atoms with Crippen molar-refractivity contribution in [1.82, 2.24) is 4.98 Å². The molecule has 7 heteroatoms. The third-order valence-electron chi connectivity index (χ3n) is 2.35.